The van der Waals surface area contributed by atoms with Crippen molar-refractivity contribution >= 4 is 5.78 Å². The maximum Gasteiger partial charge on any atom is 0.138 e. The molecule has 1 unspecified atom stereocenters. The Morgan fingerprint density at radius 3 is 2.16 bits per heavy atom. The third-order valence-corrected chi connectivity index (χ3v) is 3.20. The van der Waals surface area contributed by atoms with Crippen LogP contribution < -0.4 is 5.73 Å². The van der Waals surface area contributed by atoms with Gasteiger partial charge in [0.25, 0.3) is 0 Å². The molecule has 0 amide bonds. The van der Waals surface area contributed by atoms with Crippen LogP contribution in [0.3, 0.4) is 0 Å². The van der Waals surface area contributed by atoms with Crippen molar-refractivity contribution in [3.8, 4) is 0 Å². The minimum atomic E-state index is -0.0255. The highest BCUT2D eigenvalue weighted by Crippen LogP contribution is 2.21. The third kappa shape index (κ3) is 6.53. The van der Waals surface area contributed by atoms with Gasteiger partial charge in [0.2, 0.25) is 0 Å². The highest BCUT2D eigenvalue weighted by molar-refractivity contribution is 5.81. The van der Waals surface area contributed by atoms with Gasteiger partial charge in [-0.1, -0.05) is 52.0 Å². The third-order valence-electron chi connectivity index (χ3n) is 3.20. The van der Waals surface area contributed by atoms with Crippen LogP contribution in [0.25, 0.3) is 0 Å². The molecular formula is C17H27NO. The predicted octanol–water partition coefficient (Wildman–Crippen LogP) is 3.51. The number of nitrogens with two attached hydrogens (primary N) is 1. The number of hydrogen-bond donors (Lipinski definition) is 1. The molecule has 0 fully saturated rings. The zero-order chi connectivity index (χ0) is 14.5. The molecular weight excluding hydrogens is 234 g/mol. The second-order valence-corrected chi connectivity index (χ2v) is 6.61. The van der Waals surface area contributed by atoms with Gasteiger partial charge in [-0.25, -0.2) is 0 Å². The first-order chi connectivity index (χ1) is 8.80. The van der Waals surface area contributed by atoms with Crippen molar-refractivity contribution in [1.29, 1.82) is 0 Å². The van der Waals surface area contributed by atoms with Gasteiger partial charge < -0.3 is 5.73 Å². The van der Waals surface area contributed by atoms with Gasteiger partial charge >= 0.3 is 0 Å². The number of Topliss-reactive ketones (excluding diaryl/α,β-unsaturated/α-hetero) is 1. The number of carbonyl (C=O) groups is 1. The normalized spacial score (nSPS) is 13.3. The molecule has 0 radical (unpaired) electrons. The second kappa shape index (κ2) is 6.85. The molecule has 0 heterocycles. The molecule has 1 aromatic rings. The largest absolute Gasteiger partial charge is 0.327 e. The van der Waals surface area contributed by atoms with Crippen LogP contribution in [0.15, 0.2) is 24.3 Å². The van der Waals surface area contributed by atoms with Gasteiger partial charge in [0.15, 0.2) is 0 Å². The first-order valence-electron chi connectivity index (χ1n) is 7.15. The Morgan fingerprint density at radius 2 is 1.68 bits per heavy atom. The van der Waals surface area contributed by atoms with Crippen molar-refractivity contribution in [1.82, 2.24) is 0 Å². The molecule has 0 spiro atoms. The molecule has 0 bridgehead atoms. The van der Waals surface area contributed by atoms with E-state index in [-0.39, 0.29) is 17.2 Å². The predicted molar refractivity (Wildman–Crippen MR) is 81.2 cm³/mol. The molecule has 0 aliphatic rings. The number of hydrogen-bond acceptors (Lipinski definition) is 2. The van der Waals surface area contributed by atoms with Crippen LogP contribution in [0, 0.1) is 5.41 Å². The smallest absolute Gasteiger partial charge is 0.138 e. The zero-order valence-electron chi connectivity index (χ0n) is 12.7. The van der Waals surface area contributed by atoms with E-state index < -0.39 is 0 Å². The summed E-state index contributed by atoms with van der Waals surface area (Å²) in [6.45, 7) is 8.59. The lowest BCUT2D eigenvalue weighted by molar-refractivity contribution is -0.118. The SMILES string of the molecule is CCc1ccc(CC(=O)CC(N)CC(C)(C)C)cc1. The molecule has 106 valence electrons. The Bertz CT molecular complexity index is 400. The summed E-state index contributed by atoms with van der Waals surface area (Å²) in [6.07, 6.45) is 2.90. The zero-order valence-corrected chi connectivity index (χ0v) is 12.7. The molecule has 1 atom stereocenters. The molecule has 2 nitrogen and oxygen atoms in total. The van der Waals surface area contributed by atoms with Crippen molar-refractivity contribution in [2.24, 2.45) is 11.1 Å². The summed E-state index contributed by atoms with van der Waals surface area (Å²) in [5, 5.41) is 0. The van der Waals surface area contributed by atoms with Gasteiger partial charge in [-0.3, -0.25) is 4.79 Å². The van der Waals surface area contributed by atoms with E-state index >= 15 is 0 Å². The topological polar surface area (TPSA) is 43.1 Å². The molecule has 0 aromatic heterocycles. The van der Waals surface area contributed by atoms with E-state index in [0.29, 0.717) is 12.8 Å². The van der Waals surface area contributed by atoms with Crippen LogP contribution in [0.2, 0.25) is 0 Å². The molecule has 1 aromatic carbocycles. The summed E-state index contributed by atoms with van der Waals surface area (Å²) in [5.74, 6) is 0.237. The number of carbonyl (C=O) groups excluding carboxylic acids is 1. The summed E-state index contributed by atoms with van der Waals surface area (Å²) in [5.41, 5.74) is 8.62. The van der Waals surface area contributed by atoms with Gasteiger partial charge in [0, 0.05) is 18.9 Å². The molecule has 2 N–H and O–H groups in total. The maximum absolute atomic E-state index is 12.0. The fraction of sp³-hybridized carbons (Fsp3) is 0.588. The van der Waals surface area contributed by atoms with Crippen LogP contribution in [-0.2, 0) is 17.6 Å². The van der Waals surface area contributed by atoms with E-state index in [0.717, 1.165) is 18.4 Å². The fourth-order valence-electron chi connectivity index (χ4n) is 2.34. The molecule has 0 aliphatic heterocycles. The van der Waals surface area contributed by atoms with Crippen molar-refractivity contribution in [2.75, 3.05) is 0 Å². The van der Waals surface area contributed by atoms with E-state index in [9.17, 15) is 4.79 Å². The van der Waals surface area contributed by atoms with Crippen LogP contribution in [0.5, 0.6) is 0 Å². The lowest BCUT2D eigenvalue weighted by Gasteiger charge is -2.22. The minimum absolute atomic E-state index is 0.0255. The molecule has 19 heavy (non-hydrogen) atoms. The first-order valence-corrected chi connectivity index (χ1v) is 7.15. The first kappa shape index (κ1) is 15.9. The molecule has 0 aliphatic carbocycles. The molecule has 0 saturated heterocycles. The molecule has 2 heteroatoms. The Kier molecular flexibility index (Phi) is 5.74. The number of ketones is 1. The standard InChI is InChI=1S/C17H27NO/c1-5-13-6-8-14(9-7-13)10-16(19)11-15(18)12-17(2,3)4/h6-9,15H,5,10-12,18H2,1-4H3. The van der Waals surface area contributed by atoms with E-state index in [4.69, 9.17) is 5.73 Å². The highest BCUT2D eigenvalue weighted by Gasteiger charge is 2.18. The Balaban J connectivity index is 2.46. The second-order valence-electron chi connectivity index (χ2n) is 6.61. The summed E-state index contributed by atoms with van der Waals surface area (Å²) in [4.78, 5) is 12.0. The van der Waals surface area contributed by atoms with Gasteiger partial charge in [-0.2, -0.15) is 0 Å². The highest BCUT2D eigenvalue weighted by atomic mass is 16.1. The van der Waals surface area contributed by atoms with Crippen molar-refractivity contribution in [3.63, 3.8) is 0 Å². The monoisotopic (exact) mass is 261 g/mol. The quantitative estimate of drug-likeness (QED) is 0.851. The summed E-state index contributed by atoms with van der Waals surface area (Å²) in [7, 11) is 0. The summed E-state index contributed by atoms with van der Waals surface area (Å²) in [6, 6.07) is 8.26. The number of rotatable bonds is 6. The van der Waals surface area contributed by atoms with Crippen LogP contribution >= 0.6 is 0 Å². The van der Waals surface area contributed by atoms with E-state index in [2.05, 4.69) is 39.8 Å². The van der Waals surface area contributed by atoms with Crippen LogP contribution in [-0.4, -0.2) is 11.8 Å². The van der Waals surface area contributed by atoms with Crippen LogP contribution in [0.1, 0.15) is 51.7 Å². The average Bonchev–Trinajstić information content (AvgIpc) is 2.27. The molecule has 1 rings (SSSR count). The minimum Gasteiger partial charge on any atom is -0.327 e. The summed E-state index contributed by atoms with van der Waals surface area (Å²) >= 11 is 0. The Labute approximate surface area is 117 Å². The average molecular weight is 261 g/mol. The number of benzene rings is 1. The fourth-order valence-corrected chi connectivity index (χ4v) is 2.34. The van der Waals surface area contributed by atoms with Gasteiger partial charge in [0.1, 0.15) is 5.78 Å². The lowest BCUT2D eigenvalue weighted by Crippen LogP contribution is -2.29. The van der Waals surface area contributed by atoms with E-state index in [1.165, 1.54) is 5.56 Å². The lowest BCUT2D eigenvalue weighted by atomic mass is 9.86. The van der Waals surface area contributed by atoms with Gasteiger partial charge in [-0.05, 0) is 29.4 Å². The van der Waals surface area contributed by atoms with Crippen molar-refractivity contribution in [3.05, 3.63) is 35.4 Å². The Morgan fingerprint density at radius 1 is 1.16 bits per heavy atom. The number of aryl methyl sites for hydroxylation is 1. The molecule has 0 saturated carbocycles. The maximum atomic E-state index is 12.0. The summed E-state index contributed by atoms with van der Waals surface area (Å²) < 4.78 is 0. The van der Waals surface area contributed by atoms with Gasteiger partial charge in [0.05, 0.1) is 0 Å². The van der Waals surface area contributed by atoms with Crippen LogP contribution in [0.4, 0.5) is 0 Å². The van der Waals surface area contributed by atoms with Gasteiger partial charge in [-0.15, -0.1) is 0 Å². The van der Waals surface area contributed by atoms with E-state index in [1.54, 1.807) is 0 Å². The van der Waals surface area contributed by atoms with E-state index in [1.807, 2.05) is 12.1 Å². The Hall–Kier alpha value is -1.15. The van der Waals surface area contributed by atoms with Crippen molar-refractivity contribution in [2.45, 2.75) is 59.4 Å². The van der Waals surface area contributed by atoms with Crippen molar-refractivity contribution < 1.29 is 4.79 Å².